The predicted octanol–water partition coefficient (Wildman–Crippen LogP) is 3.00. The lowest BCUT2D eigenvalue weighted by atomic mass is 10.1. The number of carbonyl (C=O) groups excluding carboxylic acids is 2. The van der Waals surface area contributed by atoms with Crippen LogP contribution in [0.1, 0.15) is 34.7 Å². The summed E-state index contributed by atoms with van der Waals surface area (Å²) in [5, 5.41) is 10.7. The van der Waals surface area contributed by atoms with Crippen molar-refractivity contribution >= 4 is 17.5 Å². The van der Waals surface area contributed by atoms with Crippen LogP contribution in [0.2, 0.25) is 0 Å². The first kappa shape index (κ1) is 18.3. The molecule has 3 rings (SSSR count). The van der Waals surface area contributed by atoms with Crippen LogP contribution in [-0.2, 0) is 0 Å². The predicted molar refractivity (Wildman–Crippen MR) is 103 cm³/mol. The maximum absolute atomic E-state index is 12.5. The Morgan fingerprint density at radius 2 is 1.78 bits per heavy atom. The molecule has 1 aromatic heterocycles. The molecule has 0 saturated carbocycles. The average molecular weight is 363 g/mol. The van der Waals surface area contributed by atoms with E-state index < -0.39 is 0 Å². The Morgan fingerprint density at radius 3 is 2.48 bits per heavy atom. The van der Waals surface area contributed by atoms with Gasteiger partial charge in [-0.2, -0.15) is 0 Å². The molecule has 27 heavy (non-hydrogen) atoms. The summed E-state index contributed by atoms with van der Waals surface area (Å²) in [6.07, 6.45) is 1.57. The number of para-hydroxylation sites is 1. The molecule has 1 N–H and O–H groups in total. The highest BCUT2D eigenvalue weighted by Crippen LogP contribution is 2.14. The zero-order valence-corrected chi connectivity index (χ0v) is 15.3. The second-order valence-electron chi connectivity index (χ2n) is 5.90. The van der Waals surface area contributed by atoms with Gasteiger partial charge >= 0.3 is 0 Å². The number of hydrogen-bond acceptors (Lipinski definition) is 4. The summed E-state index contributed by atoms with van der Waals surface area (Å²) in [6, 6.07) is 16.3. The number of nitrogens with zero attached hydrogens (tertiary/aromatic N) is 4. The minimum absolute atomic E-state index is 0.0638. The van der Waals surface area contributed by atoms with Crippen LogP contribution in [0.3, 0.4) is 0 Å². The Kier molecular flexibility index (Phi) is 5.61. The van der Waals surface area contributed by atoms with Crippen LogP contribution in [0.4, 0.5) is 5.69 Å². The second-order valence-corrected chi connectivity index (χ2v) is 5.90. The highest BCUT2D eigenvalue weighted by molar-refractivity contribution is 6.03. The molecule has 0 spiro atoms. The van der Waals surface area contributed by atoms with Gasteiger partial charge in [-0.3, -0.25) is 9.59 Å². The van der Waals surface area contributed by atoms with Gasteiger partial charge in [0.05, 0.1) is 11.9 Å². The molecule has 3 aromatic rings. The number of carbonyl (C=O) groups is 2. The summed E-state index contributed by atoms with van der Waals surface area (Å²) < 4.78 is 1.54. The van der Waals surface area contributed by atoms with E-state index in [9.17, 15) is 9.59 Å². The molecule has 0 saturated heterocycles. The first-order chi connectivity index (χ1) is 13.1. The van der Waals surface area contributed by atoms with E-state index >= 15 is 0 Å². The average Bonchev–Trinajstić information content (AvgIpc) is 3.20. The van der Waals surface area contributed by atoms with E-state index in [4.69, 9.17) is 0 Å². The van der Waals surface area contributed by atoms with Crippen LogP contribution < -0.4 is 5.32 Å². The SMILES string of the molecule is CCN(CC)C(=O)c1cccc(NC(=O)c2cn(-c3ccccc3)nn2)c1. The van der Waals surface area contributed by atoms with Crippen molar-refractivity contribution in [3.05, 3.63) is 72.1 Å². The Balaban J connectivity index is 1.74. The Hall–Kier alpha value is -3.48. The summed E-state index contributed by atoms with van der Waals surface area (Å²) in [5.74, 6) is -0.448. The van der Waals surface area contributed by atoms with Crippen molar-refractivity contribution in [1.82, 2.24) is 19.9 Å². The van der Waals surface area contributed by atoms with Gasteiger partial charge in [0.15, 0.2) is 5.69 Å². The van der Waals surface area contributed by atoms with E-state index in [1.807, 2.05) is 44.2 Å². The fourth-order valence-electron chi connectivity index (χ4n) is 2.69. The number of anilines is 1. The third kappa shape index (κ3) is 4.20. The standard InChI is InChI=1S/C20H21N5O2/c1-3-24(4-2)20(27)15-9-8-10-16(13-15)21-19(26)18-14-25(23-22-18)17-11-6-5-7-12-17/h5-14H,3-4H2,1-2H3,(H,21,26). The van der Waals surface area contributed by atoms with Gasteiger partial charge in [0.25, 0.3) is 11.8 Å². The van der Waals surface area contributed by atoms with Gasteiger partial charge in [-0.25, -0.2) is 4.68 Å². The quantitative estimate of drug-likeness (QED) is 0.730. The Bertz CT molecular complexity index is 932. The second kappa shape index (κ2) is 8.27. The van der Waals surface area contributed by atoms with E-state index in [-0.39, 0.29) is 17.5 Å². The molecular formula is C20H21N5O2. The topological polar surface area (TPSA) is 80.1 Å². The van der Waals surface area contributed by atoms with Crippen molar-refractivity contribution in [2.24, 2.45) is 0 Å². The van der Waals surface area contributed by atoms with Crippen molar-refractivity contribution in [2.45, 2.75) is 13.8 Å². The lowest BCUT2D eigenvalue weighted by Gasteiger charge is -2.18. The number of amides is 2. The fourth-order valence-corrected chi connectivity index (χ4v) is 2.69. The summed E-state index contributed by atoms with van der Waals surface area (Å²) in [4.78, 5) is 26.7. The summed E-state index contributed by atoms with van der Waals surface area (Å²) in [7, 11) is 0. The van der Waals surface area contributed by atoms with E-state index in [0.717, 1.165) is 5.69 Å². The zero-order chi connectivity index (χ0) is 19.2. The summed E-state index contributed by atoms with van der Waals surface area (Å²) in [6.45, 7) is 5.13. The van der Waals surface area contributed by atoms with E-state index in [0.29, 0.717) is 24.3 Å². The van der Waals surface area contributed by atoms with Gasteiger partial charge in [-0.15, -0.1) is 5.10 Å². The van der Waals surface area contributed by atoms with Crippen molar-refractivity contribution in [3.63, 3.8) is 0 Å². The third-order valence-corrected chi connectivity index (χ3v) is 4.16. The smallest absolute Gasteiger partial charge is 0.277 e. The normalized spacial score (nSPS) is 10.4. The summed E-state index contributed by atoms with van der Waals surface area (Å²) in [5.41, 5.74) is 2.08. The monoisotopic (exact) mass is 363 g/mol. The van der Waals surface area contributed by atoms with Gasteiger partial charge < -0.3 is 10.2 Å². The molecule has 0 aliphatic carbocycles. The molecule has 7 heteroatoms. The highest BCUT2D eigenvalue weighted by Gasteiger charge is 2.15. The largest absolute Gasteiger partial charge is 0.339 e. The van der Waals surface area contributed by atoms with Crippen LogP contribution >= 0.6 is 0 Å². The zero-order valence-electron chi connectivity index (χ0n) is 15.3. The van der Waals surface area contributed by atoms with Crippen LogP contribution in [0.15, 0.2) is 60.8 Å². The van der Waals surface area contributed by atoms with Crippen molar-refractivity contribution in [2.75, 3.05) is 18.4 Å². The fraction of sp³-hybridized carbons (Fsp3) is 0.200. The van der Waals surface area contributed by atoms with Crippen LogP contribution in [0, 0.1) is 0 Å². The molecule has 2 amide bonds. The molecule has 0 aliphatic heterocycles. The van der Waals surface area contributed by atoms with Gasteiger partial charge in [0, 0.05) is 24.3 Å². The minimum Gasteiger partial charge on any atom is -0.339 e. The minimum atomic E-state index is -0.385. The first-order valence-corrected chi connectivity index (χ1v) is 8.80. The summed E-state index contributed by atoms with van der Waals surface area (Å²) >= 11 is 0. The molecule has 0 atom stereocenters. The van der Waals surface area contributed by atoms with Crippen LogP contribution in [0.25, 0.3) is 5.69 Å². The molecule has 0 aliphatic rings. The lowest BCUT2D eigenvalue weighted by Crippen LogP contribution is -2.30. The van der Waals surface area contributed by atoms with E-state index in [1.165, 1.54) is 4.68 Å². The number of benzene rings is 2. The van der Waals surface area contributed by atoms with Crippen LogP contribution in [0.5, 0.6) is 0 Å². The van der Waals surface area contributed by atoms with E-state index in [1.54, 1.807) is 35.4 Å². The van der Waals surface area contributed by atoms with Gasteiger partial charge in [-0.05, 0) is 44.2 Å². The van der Waals surface area contributed by atoms with Crippen molar-refractivity contribution in [3.8, 4) is 5.69 Å². The molecule has 0 unspecified atom stereocenters. The molecule has 7 nitrogen and oxygen atoms in total. The molecule has 1 heterocycles. The lowest BCUT2D eigenvalue weighted by molar-refractivity contribution is 0.0772. The van der Waals surface area contributed by atoms with Gasteiger partial charge in [0.2, 0.25) is 0 Å². The van der Waals surface area contributed by atoms with Gasteiger partial charge in [0.1, 0.15) is 0 Å². The van der Waals surface area contributed by atoms with Crippen LogP contribution in [-0.4, -0.2) is 44.8 Å². The molecular weight excluding hydrogens is 342 g/mol. The molecule has 0 fully saturated rings. The molecule has 138 valence electrons. The first-order valence-electron chi connectivity index (χ1n) is 8.80. The Morgan fingerprint density at radius 1 is 1.04 bits per heavy atom. The highest BCUT2D eigenvalue weighted by atomic mass is 16.2. The Labute approximate surface area is 157 Å². The number of hydrogen-bond donors (Lipinski definition) is 1. The van der Waals surface area contributed by atoms with Gasteiger partial charge in [-0.1, -0.05) is 29.5 Å². The maximum atomic E-state index is 12.5. The van der Waals surface area contributed by atoms with Crippen molar-refractivity contribution < 1.29 is 9.59 Å². The maximum Gasteiger partial charge on any atom is 0.277 e. The third-order valence-electron chi connectivity index (χ3n) is 4.16. The van der Waals surface area contributed by atoms with E-state index in [2.05, 4.69) is 15.6 Å². The number of nitrogens with one attached hydrogen (secondary N) is 1. The molecule has 2 aromatic carbocycles. The number of rotatable bonds is 6. The molecule has 0 radical (unpaired) electrons. The molecule has 0 bridgehead atoms. The number of aromatic nitrogens is 3. The van der Waals surface area contributed by atoms with Crippen molar-refractivity contribution in [1.29, 1.82) is 0 Å².